The zero-order chi connectivity index (χ0) is 12.1. The molecule has 0 bridgehead atoms. The molecule has 0 saturated carbocycles. The van der Waals surface area contributed by atoms with E-state index < -0.39 is 0 Å². The molecule has 0 N–H and O–H groups in total. The molecule has 0 spiro atoms. The highest BCUT2D eigenvalue weighted by Crippen LogP contribution is 2.31. The number of carbonyl (C=O) groups excluding carboxylic acids is 1. The predicted molar refractivity (Wildman–Crippen MR) is 63.1 cm³/mol. The summed E-state index contributed by atoms with van der Waals surface area (Å²) in [6.07, 6.45) is 0.184. The number of carbonyl (C=O) groups is 1. The normalized spacial score (nSPS) is 10.0. The van der Waals surface area contributed by atoms with Crippen LogP contribution in [-0.2, 0) is 16.0 Å². The van der Waals surface area contributed by atoms with Crippen LogP contribution in [0.3, 0.4) is 0 Å². The van der Waals surface area contributed by atoms with Gasteiger partial charge in [0.2, 0.25) is 0 Å². The second-order valence-corrected chi connectivity index (χ2v) is 3.77. The van der Waals surface area contributed by atoms with Gasteiger partial charge >= 0.3 is 5.97 Å². The van der Waals surface area contributed by atoms with Crippen LogP contribution in [0.2, 0.25) is 5.02 Å². The molecule has 4 heteroatoms. The first-order valence-electron chi connectivity index (χ1n) is 5.07. The zero-order valence-electron chi connectivity index (χ0n) is 9.67. The fraction of sp³-hybridized carbons (Fsp3) is 0.417. The molecule has 0 aliphatic rings. The largest absolute Gasteiger partial charge is 0.495 e. The Morgan fingerprint density at radius 3 is 2.69 bits per heavy atom. The summed E-state index contributed by atoms with van der Waals surface area (Å²) < 4.78 is 10.1. The topological polar surface area (TPSA) is 35.5 Å². The minimum Gasteiger partial charge on any atom is -0.495 e. The molecule has 1 aromatic rings. The summed E-state index contributed by atoms with van der Waals surface area (Å²) in [5, 5.41) is 0.507. The average molecular weight is 243 g/mol. The first-order valence-corrected chi connectivity index (χ1v) is 5.45. The Morgan fingerprint density at radius 1 is 1.44 bits per heavy atom. The van der Waals surface area contributed by atoms with E-state index in [1.165, 1.54) is 7.11 Å². The van der Waals surface area contributed by atoms with Crippen molar-refractivity contribution in [3.05, 3.63) is 28.3 Å². The number of aryl methyl sites for hydroxylation is 1. The summed E-state index contributed by atoms with van der Waals surface area (Å²) in [6.45, 7) is 4.06. The van der Waals surface area contributed by atoms with E-state index in [1.807, 2.05) is 13.0 Å². The van der Waals surface area contributed by atoms with E-state index in [9.17, 15) is 4.79 Å². The van der Waals surface area contributed by atoms with Gasteiger partial charge in [0.15, 0.2) is 0 Å². The SMILES string of the molecule is CCOC(=O)Cc1c(C)ccc(Cl)c1OC. The lowest BCUT2D eigenvalue weighted by atomic mass is 10.0. The van der Waals surface area contributed by atoms with E-state index in [0.717, 1.165) is 11.1 Å². The smallest absolute Gasteiger partial charge is 0.310 e. The number of hydrogen-bond donors (Lipinski definition) is 0. The molecular weight excluding hydrogens is 228 g/mol. The van der Waals surface area contributed by atoms with Gasteiger partial charge in [0, 0.05) is 5.56 Å². The van der Waals surface area contributed by atoms with E-state index in [-0.39, 0.29) is 12.4 Å². The van der Waals surface area contributed by atoms with E-state index in [0.29, 0.717) is 17.4 Å². The number of hydrogen-bond acceptors (Lipinski definition) is 3. The number of ether oxygens (including phenoxy) is 2. The molecule has 88 valence electrons. The Balaban J connectivity index is 3.01. The maximum atomic E-state index is 11.4. The van der Waals surface area contributed by atoms with Crippen molar-refractivity contribution in [3.8, 4) is 5.75 Å². The number of rotatable bonds is 4. The maximum Gasteiger partial charge on any atom is 0.310 e. The van der Waals surface area contributed by atoms with Crippen molar-refractivity contribution in [2.45, 2.75) is 20.3 Å². The molecule has 0 amide bonds. The van der Waals surface area contributed by atoms with E-state index >= 15 is 0 Å². The minimum absolute atomic E-state index is 0.184. The first kappa shape index (κ1) is 12.8. The molecule has 0 aliphatic heterocycles. The Kier molecular flexibility index (Phi) is 4.62. The van der Waals surface area contributed by atoms with Gasteiger partial charge in [-0.1, -0.05) is 17.7 Å². The Hall–Kier alpha value is -1.22. The first-order chi connectivity index (χ1) is 7.60. The molecule has 0 fully saturated rings. The monoisotopic (exact) mass is 242 g/mol. The average Bonchev–Trinajstić information content (AvgIpc) is 2.24. The molecular formula is C12H15ClO3. The predicted octanol–water partition coefficient (Wildman–Crippen LogP) is 2.76. The summed E-state index contributed by atoms with van der Waals surface area (Å²) in [7, 11) is 1.54. The third-order valence-corrected chi connectivity index (χ3v) is 2.57. The van der Waals surface area contributed by atoms with Crippen molar-refractivity contribution in [3.63, 3.8) is 0 Å². The van der Waals surface area contributed by atoms with Gasteiger partial charge in [-0.15, -0.1) is 0 Å². The lowest BCUT2D eigenvalue weighted by Gasteiger charge is -2.12. The molecule has 0 aliphatic carbocycles. The molecule has 0 unspecified atom stereocenters. The lowest BCUT2D eigenvalue weighted by molar-refractivity contribution is -0.142. The van der Waals surface area contributed by atoms with Gasteiger partial charge < -0.3 is 9.47 Å². The zero-order valence-corrected chi connectivity index (χ0v) is 10.4. The van der Waals surface area contributed by atoms with Gasteiger partial charge in [-0.2, -0.15) is 0 Å². The van der Waals surface area contributed by atoms with Crippen LogP contribution in [0.5, 0.6) is 5.75 Å². The Morgan fingerprint density at radius 2 is 2.12 bits per heavy atom. The van der Waals surface area contributed by atoms with Crippen LogP contribution in [0.4, 0.5) is 0 Å². The van der Waals surface area contributed by atoms with Crippen molar-refractivity contribution >= 4 is 17.6 Å². The van der Waals surface area contributed by atoms with Crippen molar-refractivity contribution in [2.24, 2.45) is 0 Å². The number of methoxy groups -OCH3 is 1. The fourth-order valence-electron chi connectivity index (χ4n) is 1.49. The molecule has 0 heterocycles. The summed E-state index contributed by atoms with van der Waals surface area (Å²) in [6, 6.07) is 3.61. The highest BCUT2D eigenvalue weighted by atomic mass is 35.5. The van der Waals surface area contributed by atoms with Gasteiger partial charge in [0.25, 0.3) is 0 Å². The number of benzene rings is 1. The van der Waals surface area contributed by atoms with Crippen LogP contribution in [0.25, 0.3) is 0 Å². The van der Waals surface area contributed by atoms with Crippen LogP contribution < -0.4 is 4.74 Å². The summed E-state index contributed by atoms with van der Waals surface area (Å²) in [5.74, 6) is 0.279. The third-order valence-electron chi connectivity index (χ3n) is 2.28. The van der Waals surface area contributed by atoms with E-state index in [4.69, 9.17) is 21.1 Å². The molecule has 0 radical (unpaired) electrons. The molecule has 3 nitrogen and oxygen atoms in total. The Bertz CT molecular complexity index is 388. The van der Waals surface area contributed by atoms with Gasteiger partial charge in [0.05, 0.1) is 25.2 Å². The summed E-state index contributed by atoms with van der Waals surface area (Å²) in [4.78, 5) is 11.4. The highest BCUT2D eigenvalue weighted by Gasteiger charge is 2.14. The van der Waals surface area contributed by atoms with Crippen LogP contribution in [0.15, 0.2) is 12.1 Å². The number of esters is 1. The maximum absolute atomic E-state index is 11.4. The summed E-state index contributed by atoms with van der Waals surface area (Å²) >= 11 is 5.98. The molecule has 0 atom stereocenters. The van der Waals surface area contributed by atoms with Crippen LogP contribution in [0.1, 0.15) is 18.1 Å². The highest BCUT2D eigenvalue weighted by molar-refractivity contribution is 6.32. The molecule has 0 saturated heterocycles. The van der Waals surface area contributed by atoms with Crippen LogP contribution >= 0.6 is 11.6 Å². The minimum atomic E-state index is -0.272. The van der Waals surface area contributed by atoms with Gasteiger partial charge in [-0.3, -0.25) is 4.79 Å². The molecule has 0 aromatic heterocycles. The quantitative estimate of drug-likeness (QED) is 0.762. The Labute approximate surface area is 100 Å². The summed E-state index contributed by atoms with van der Waals surface area (Å²) in [5.41, 5.74) is 1.75. The van der Waals surface area contributed by atoms with Crippen molar-refractivity contribution in [1.82, 2.24) is 0 Å². The standard InChI is InChI=1S/C12H15ClO3/c1-4-16-11(14)7-9-8(2)5-6-10(13)12(9)15-3/h5-6H,4,7H2,1-3H3. The fourth-order valence-corrected chi connectivity index (χ4v) is 1.75. The van der Waals surface area contributed by atoms with E-state index in [1.54, 1.807) is 13.0 Å². The number of halogens is 1. The molecule has 1 rings (SSSR count). The van der Waals surface area contributed by atoms with Crippen molar-refractivity contribution in [2.75, 3.05) is 13.7 Å². The van der Waals surface area contributed by atoms with Gasteiger partial charge in [-0.05, 0) is 25.5 Å². The van der Waals surface area contributed by atoms with Gasteiger partial charge in [0.1, 0.15) is 5.75 Å². The van der Waals surface area contributed by atoms with E-state index in [2.05, 4.69) is 0 Å². The molecule has 1 aromatic carbocycles. The van der Waals surface area contributed by atoms with Crippen LogP contribution in [-0.4, -0.2) is 19.7 Å². The second kappa shape index (κ2) is 5.75. The second-order valence-electron chi connectivity index (χ2n) is 3.36. The van der Waals surface area contributed by atoms with Gasteiger partial charge in [-0.25, -0.2) is 0 Å². The lowest BCUT2D eigenvalue weighted by Crippen LogP contribution is -2.09. The van der Waals surface area contributed by atoms with Crippen LogP contribution in [0, 0.1) is 6.92 Å². The van der Waals surface area contributed by atoms with Crippen molar-refractivity contribution < 1.29 is 14.3 Å². The molecule has 16 heavy (non-hydrogen) atoms. The third kappa shape index (κ3) is 2.89. The van der Waals surface area contributed by atoms with Crippen molar-refractivity contribution in [1.29, 1.82) is 0 Å².